The van der Waals surface area contributed by atoms with Crippen molar-refractivity contribution in [2.24, 2.45) is 0 Å². The Morgan fingerprint density at radius 1 is 1.12 bits per heavy atom. The Balaban J connectivity index is 2.30. The Bertz CT molecular complexity index is 392. The Morgan fingerprint density at radius 3 is 2.38 bits per heavy atom. The molecule has 88 valence electrons. The molecule has 1 unspecified atom stereocenters. The zero-order valence-corrected chi connectivity index (χ0v) is 9.64. The molecule has 1 heterocycles. The fourth-order valence-electron chi connectivity index (χ4n) is 1.41. The van der Waals surface area contributed by atoms with E-state index in [9.17, 15) is 13.2 Å². The molecule has 16 heavy (non-hydrogen) atoms. The number of alkyl halides is 4. The van der Waals surface area contributed by atoms with Gasteiger partial charge in [0.05, 0.1) is 0 Å². The third-order valence-corrected chi connectivity index (χ3v) is 3.19. The predicted molar refractivity (Wildman–Crippen MR) is 55.2 cm³/mol. The van der Waals surface area contributed by atoms with Crippen molar-refractivity contribution >= 4 is 15.9 Å². The Morgan fingerprint density at radius 2 is 1.75 bits per heavy atom. The second-order valence-electron chi connectivity index (χ2n) is 3.31. The number of hydrogen-bond donors (Lipinski definition) is 0. The third-order valence-electron chi connectivity index (χ3n) is 2.15. The molecule has 0 saturated carbocycles. The smallest absolute Gasteiger partial charge is 0.405 e. The van der Waals surface area contributed by atoms with Gasteiger partial charge in [-0.15, -0.1) is 0 Å². The molecule has 1 aliphatic rings. The summed E-state index contributed by atoms with van der Waals surface area (Å²) in [7, 11) is 0. The van der Waals surface area contributed by atoms with Crippen LogP contribution >= 0.6 is 15.9 Å². The van der Waals surface area contributed by atoms with Gasteiger partial charge in [-0.1, -0.05) is 22.0 Å². The van der Waals surface area contributed by atoms with E-state index in [-0.39, 0.29) is 5.56 Å². The number of benzene rings is 1. The summed E-state index contributed by atoms with van der Waals surface area (Å²) in [5, 5.41) is 0. The maximum Gasteiger partial charge on any atom is 0.405 e. The van der Waals surface area contributed by atoms with Crippen LogP contribution in [0, 0.1) is 0 Å². The van der Waals surface area contributed by atoms with E-state index in [4.69, 9.17) is 9.47 Å². The van der Waals surface area contributed by atoms with Crippen molar-refractivity contribution in [3.05, 3.63) is 23.8 Å². The van der Waals surface area contributed by atoms with Gasteiger partial charge in [-0.3, -0.25) is 0 Å². The molecule has 6 heteroatoms. The van der Waals surface area contributed by atoms with Crippen LogP contribution in [-0.4, -0.2) is 19.4 Å². The molecule has 1 aliphatic heterocycles. The third kappa shape index (κ3) is 2.26. The highest BCUT2D eigenvalue weighted by Gasteiger charge is 2.39. The van der Waals surface area contributed by atoms with Crippen LogP contribution < -0.4 is 9.47 Å². The average Bonchev–Trinajstić information content (AvgIpc) is 2.26. The second kappa shape index (κ2) is 4.16. The quantitative estimate of drug-likeness (QED) is 0.739. The molecular formula is C10H8BrF3O2. The van der Waals surface area contributed by atoms with Crippen molar-refractivity contribution in [1.29, 1.82) is 0 Å². The molecule has 0 amide bonds. The second-order valence-corrected chi connectivity index (χ2v) is 4.22. The molecular weight excluding hydrogens is 289 g/mol. The lowest BCUT2D eigenvalue weighted by Crippen LogP contribution is -2.18. The van der Waals surface area contributed by atoms with Gasteiger partial charge >= 0.3 is 6.18 Å². The Labute approximate surface area is 98.5 Å². The first-order valence-corrected chi connectivity index (χ1v) is 5.50. The minimum atomic E-state index is -4.32. The van der Waals surface area contributed by atoms with Gasteiger partial charge in [-0.2, -0.15) is 13.2 Å². The van der Waals surface area contributed by atoms with Gasteiger partial charge in [-0.25, -0.2) is 0 Å². The van der Waals surface area contributed by atoms with E-state index in [2.05, 4.69) is 15.9 Å². The standard InChI is InChI=1S/C10H8BrF3O2/c11-9(10(12,13)14)6-1-2-7-8(5-6)16-4-3-15-7/h1-2,5,9H,3-4H2. The van der Waals surface area contributed by atoms with Gasteiger partial charge in [0.1, 0.15) is 18.0 Å². The summed E-state index contributed by atoms with van der Waals surface area (Å²) in [4.78, 5) is -1.68. The summed E-state index contributed by atoms with van der Waals surface area (Å²) in [6.45, 7) is 0.777. The first kappa shape index (κ1) is 11.6. The van der Waals surface area contributed by atoms with Crippen LogP contribution in [0.3, 0.4) is 0 Å². The SMILES string of the molecule is FC(F)(F)C(Br)c1ccc2c(c1)OCCO2. The highest BCUT2D eigenvalue weighted by Crippen LogP contribution is 2.42. The van der Waals surface area contributed by atoms with Crippen molar-refractivity contribution in [1.82, 2.24) is 0 Å². The number of fused-ring (bicyclic) bond motifs is 1. The van der Waals surface area contributed by atoms with E-state index in [1.54, 1.807) is 0 Å². The van der Waals surface area contributed by atoms with Crippen molar-refractivity contribution in [2.45, 2.75) is 11.0 Å². The van der Waals surface area contributed by atoms with Crippen molar-refractivity contribution < 1.29 is 22.6 Å². The van der Waals surface area contributed by atoms with Gasteiger partial charge in [-0.05, 0) is 17.7 Å². The van der Waals surface area contributed by atoms with Gasteiger partial charge in [0.25, 0.3) is 0 Å². The summed E-state index contributed by atoms with van der Waals surface area (Å²) >= 11 is 2.61. The number of hydrogen-bond acceptors (Lipinski definition) is 2. The Kier molecular flexibility index (Phi) is 3.01. The van der Waals surface area contributed by atoms with Crippen LogP contribution in [0.5, 0.6) is 11.5 Å². The molecule has 0 radical (unpaired) electrons. The van der Waals surface area contributed by atoms with E-state index in [0.29, 0.717) is 24.7 Å². The number of halogens is 4. The van der Waals surface area contributed by atoms with Crippen molar-refractivity contribution in [3.63, 3.8) is 0 Å². The van der Waals surface area contributed by atoms with Crippen LogP contribution in [0.25, 0.3) is 0 Å². The van der Waals surface area contributed by atoms with E-state index >= 15 is 0 Å². The van der Waals surface area contributed by atoms with Crippen molar-refractivity contribution in [2.75, 3.05) is 13.2 Å². The minimum absolute atomic E-state index is 0.108. The molecule has 0 bridgehead atoms. The van der Waals surface area contributed by atoms with E-state index in [1.807, 2.05) is 0 Å². The van der Waals surface area contributed by atoms with Crippen LogP contribution in [0.4, 0.5) is 13.2 Å². The van der Waals surface area contributed by atoms with Crippen molar-refractivity contribution in [3.8, 4) is 11.5 Å². The van der Waals surface area contributed by atoms with Gasteiger partial charge in [0, 0.05) is 0 Å². The first-order chi connectivity index (χ1) is 7.48. The zero-order chi connectivity index (χ0) is 11.8. The number of ether oxygens (including phenoxy) is 2. The molecule has 0 saturated heterocycles. The normalized spacial score (nSPS) is 17.0. The van der Waals surface area contributed by atoms with E-state index < -0.39 is 11.0 Å². The lowest BCUT2D eigenvalue weighted by Gasteiger charge is -2.20. The van der Waals surface area contributed by atoms with Crippen LogP contribution in [0.2, 0.25) is 0 Å². The van der Waals surface area contributed by atoms with Gasteiger partial charge < -0.3 is 9.47 Å². The predicted octanol–water partition coefficient (Wildman–Crippen LogP) is 3.46. The molecule has 1 aromatic rings. The molecule has 1 atom stereocenters. The maximum absolute atomic E-state index is 12.4. The summed E-state index contributed by atoms with van der Waals surface area (Å²) in [6, 6.07) is 4.21. The molecule has 2 nitrogen and oxygen atoms in total. The molecule has 0 aliphatic carbocycles. The molecule has 0 N–H and O–H groups in total. The number of rotatable bonds is 1. The lowest BCUT2D eigenvalue weighted by atomic mass is 10.1. The van der Waals surface area contributed by atoms with E-state index in [0.717, 1.165) is 0 Å². The molecule has 0 fully saturated rings. The fourth-order valence-corrected chi connectivity index (χ4v) is 1.69. The monoisotopic (exact) mass is 296 g/mol. The summed E-state index contributed by atoms with van der Waals surface area (Å²) in [5.74, 6) is 0.842. The van der Waals surface area contributed by atoms with Gasteiger partial charge in [0.15, 0.2) is 11.5 Å². The van der Waals surface area contributed by atoms with Gasteiger partial charge in [0.2, 0.25) is 0 Å². The highest BCUT2D eigenvalue weighted by atomic mass is 79.9. The largest absolute Gasteiger partial charge is 0.486 e. The maximum atomic E-state index is 12.4. The molecule has 0 aromatic heterocycles. The van der Waals surface area contributed by atoms with E-state index in [1.165, 1.54) is 18.2 Å². The summed E-state index contributed by atoms with van der Waals surface area (Å²) in [5.41, 5.74) is 0.108. The Hall–Kier alpha value is -0.910. The highest BCUT2D eigenvalue weighted by molar-refractivity contribution is 9.09. The zero-order valence-electron chi connectivity index (χ0n) is 8.05. The molecule has 1 aromatic carbocycles. The fraction of sp³-hybridized carbons (Fsp3) is 0.400. The van der Waals surface area contributed by atoms with Crippen LogP contribution in [0.1, 0.15) is 10.4 Å². The lowest BCUT2D eigenvalue weighted by molar-refractivity contribution is -0.128. The molecule has 0 spiro atoms. The first-order valence-electron chi connectivity index (χ1n) is 4.59. The van der Waals surface area contributed by atoms with Crippen LogP contribution in [-0.2, 0) is 0 Å². The van der Waals surface area contributed by atoms with Crippen LogP contribution in [0.15, 0.2) is 18.2 Å². The summed E-state index contributed by atoms with van der Waals surface area (Å²) in [6.07, 6.45) is -4.32. The molecule has 2 rings (SSSR count). The average molecular weight is 297 g/mol. The summed E-state index contributed by atoms with van der Waals surface area (Å²) < 4.78 is 47.8. The minimum Gasteiger partial charge on any atom is -0.486 e. The topological polar surface area (TPSA) is 18.5 Å².